The molecule has 0 amide bonds. The molecule has 0 bridgehead atoms. The minimum absolute atomic E-state index is 0.0295. The highest BCUT2D eigenvalue weighted by atomic mass is 16.5. The molecule has 0 heterocycles. The molecular formula is C16H24O3. The average Bonchev–Trinajstić information content (AvgIpc) is 2.84. The van der Waals surface area contributed by atoms with Crippen molar-refractivity contribution in [3.63, 3.8) is 0 Å². The fourth-order valence-electron chi connectivity index (χ4n) is 4.19. The summed E-state index contributed by atoms with van der Waals surface area (Å²) < 4.78 is 4.92. The van der Waals surface area contributed by atoms with Gasteiger partial charge in [0, 0.05) is 12.3 Å². The van der Waals surface area contributed by atoms with Crippen molar-refractivity contribution in [2.45, 2.75) is 46.0 Å². The molecule has 0 radical (unpaired) electrons. The predicted octanol–water partition coefficient (Wildman–Crippen LogP) is 3.14. The van der Waals surface area contributed by atoms with Crippen LogP contribution in [0.2, 0.25) is 0 Å². The maximum Gasteiger partial charge on any atom is 0.311 e. The standard InChI is InChI=1S/C16H24O3/c1-5-6-7-15(2)10-13(17)11-8-16(3,9-12(11)15)14(18)19-4/h5,11-12H,1,6-10H2,2-4H3/t11-,12+,15+,16+/m0/s1. The highest BCUT2D eigenvalue weighted by molar-refractivity contribution is 5.87. The molecule has 4 atom stereocenters. The van der Waals surface area contributed by atoms with Crippen LogP contribution in [0.15, 0.2) is 12.7 Å². The van der Waals surface area contributed by atoms with E-state index in [0.29, 0.717) is 24.5 Å². The first-order chi connectivity index (χ1) is 8.86. The van der Waals surface area contributed by atoms with Gasteiger partial charge in [0.25, 0.3) is 0 Å². The van der Waals surface area contributed by atoms with Crippen LogP contribution in [0.3, 0.4) is 0 Å². The molecule has 0 N–H and O–H groups in total. The molecule has 0 unspecified atom stereocenters. The van der Waals surface area contributed by atoms with Gasteiger partial charge < -0.3 is 4.74 Å². The summed E-state index contributed by atoms with van der Waals surface area (Å²) in [5.41, 5.74) is -0.447. The normalized spacial score (nSPS) is 41.1. The Hall–Kier alpha value is -1.12. The molecule has 0 spiro atoms. The van der Waals surface area contributed by atoms with Crippen LogP contribution >= 0.6 is 0 Å². The number of Topliss-reactive ketones (excluding diaryl/α,β-unsaturated/α-hetero) is 1. The number of ether oxygens (including phenoxy) is 1. The van der Waals surface area contributed by atoms with Gasteiger partial charge in [-0.15, -0.1) is 6.58 Å². The van der Waals surface area contributed by atoms with Gasteiger partial charge in [-0.1, -0.05) is 13.0 Å². The van der Waals surface area contributed by atoms with Crippen LogP contribution in [0, 0.1) is 22.7 Å². The summed E-state index contributed by atoms with van der Waals surface area (Å²) in [4.78, 5) is 24.2. The monoisotopic (exact) mass is 264 g/mol. The van der Waals surface area contributed by atoms with Crippen LogP contribution in [-0.2, 0) is 14.3 Å². The van der Waals surface area contributed by atoms with Gasteiger partial charge >= 0.3 is 5.97 Å². The van der Waals surface area contributed by atoms with E-state index < -0.39 is 5.41 Å². The molecule has 2 aliphatic carbocycles. The molecular weight excluding hydrogens is 240 g/mol. The number of carbonyl (C=O) groups is 2. The maximum absolute atomic E-state index is 12.3. The largest absolute Gasteiger partial charge is 0.469 e. The summed E-state index contributed by atoms with van der Waals surface area (Å²) in [5.74, 6) is 0.549. The molecule has 3 nitrogen and oxygen atoms in total. The molecule has 2 fully saturated rings. The second-order valence-corrected chi connectivity index (χ2v) is 6.80. The highest BCUT2D eigenvalue weighted by Gasteiger charge is 2.59. The Bertz CT molecular complexity index is 414. The van der Waals surface area contributed by atoms with Gasteiger partial charge in [-0.25, -0.2) is 0 Å². The van der Waals surface area contributed by atoms with Gasteiger partial charge in [0.2, 0.25) is 0 Å². The SMILES string of the molecule is C=CCC[C@]1(C)CC(=O)[C@H]2C[C@@](C)(C(=O)OC)C[C@H]21. The summed E-state index contributed by atoms with van der Waals surface area (Å²) in [6.07, 6.45) is 5.93. The summed E-state index contributed by atoms with van der Waals surface area (Å²) in [7, 11) is 1.43. The number of rotatable bonds is 4. The predicted molar refractivity (Wildman–Crippen MR) is 73.5 cm³/mol. The van der Waals surface area contributed by atoms with Gasteiger partial charge in [-0.2, -0.15) is 0 Å². The van der Waals surface area contributed by atoms with Gasteiger partial charge in [0.05, 0.1) is 12.5 Å². The van der Waals surface area contributed by atoms with E-state index in [2.05, 4.69) is 13.5 Å². The first kappa shape index (κ1) is 14.3. The zero-order chi connectivity index (χ0) is 14.3. The molecule has 19 heavy (non-hydrogen) atoms. The molecule has 2 saturated carbocycles. The summed E-state index contributed by atoms with van der Waals surface area (Å²) in [6.45, 7) is 7.91. The second-order valence-electron chi connectivity index (χ2n) is 6.80. The van der Waals surface area contributed by atoms with Crippen molar-refractivity contribution in [3.8, 4) is 0 Å². The van der Waals surface area contributed by atoms with E-state index in [1.165, 1.54) is 7.11 Å². The molecule has 0 aromatic heterocycles. The van der Waals surface area contributed by atoms with Crippen molar-refractivity contribution < 1.29 is 14.3 Å². The first-order valence-electron chi connectivity index (χ1n) is 7.08. The number of hydrogen-bond acceptors (Lipinski definition) is 3. The smallest absolute Gasteiger partial charge is 0.311 e. The third kappa shape index (κ3) is 2.24. The zero-order valence-electron chi connectivity index (χ0n) is 12.2. The third-order valence-electron chi connectivity index (χ3n) is 5.31. The molecule has 0 aromatic carbocycles. The number of esters is 1. The van der Waals surface area contributed by atoms with E-state index in [1.807, 2.05) is 13.0 Å². The number of carbonyl (C=O) groups excluding carboxylic acids is 2. The van der Waals surface area contributed by atoms with E-state index >= 15 is 0 Å². The quantitative estimate of drug-likeness (QED) is 0.578. The van der Waals surface area contributed by atoms with Gasteiger partial charge in [0.1, 0.15) is 5.78 Å². The number of ketones is 1. The van der Waals surface area contributed by atoms with Crippen molar-refractivity contribution in [2.24, 2.45) is 22.7 Å². The molecule has 2 aliphatic rings. The number of methoxy groups -OCH3 is 1. The van der Waals surface area contributed by atoms with Crippen LogP contribution in [0.4, 0.5) is 0 Å². The Morgan fingerprint density at radius 3 is 2.74 bits per heavy atom. The van der Waals surface area contributed by atoms with E-state index in [1.54, 1.807) is 0 Å². The molecule has 2 rings (SSSR count). The fraction of sp³-hybridized carbons (Fsp3) is 0.750. The maximum atomic E-state index is 12.3. The number of allylic oxidation sites excluding steroid dienone is 1. The lowest BCUT2D eigenvalue weighted by atomic mass is 9.72. The van der Waals surface area contributed by atoms with Crippen LogP contribution in [0.25, 0.3) is 0 Å². The lowest BCUT2D eigenvalue weighted by Gasteiger charge is -2.31. The van der Waals surface area contributed by atoms with Crippen LogP contribution < -0.4 is 0 Å². The Morgan fingerprint density at radius 1 is 1.47 bits per heavy atom. The highest BCUT2D eigenvalue weighted by Crippen LogP contribution is 2.60. The molecule has 106 valence electrons. The Morgan fingerprint density at radius 2 is 2.16 bits per heavy atom. The van der Waals surface area contributed by atoms with E-state index in [9.17, 15) is 9.59 Å². The van der Waals surface area contributed by atoms with E-state index in [0.717, 1.165) is 19.3 Å². The van der Waals surface area contributed by atoms with E-state index in [4.69, 9.17) is 4.74 Å². The first-order valence-corrected chi connectivity index (χ1v) is 7.08. The Kier molecular flexibility index (Phi) is 3.59. The minimum Gasteiger partial charge on any atom is -0.469 e. The number of hydrogen-bond donors (Lipinski definition) is 0. The summed E-state index contributed by atoms with van der Waals surface area (Å²) in [6, 6.07) is 0. The average molecular weight is 264 g/mol. The van der Waals surface area contributed by atoms with Crippen molar-refractivity contribution in [2.75, 3.05) is 7.11 Å². The summed E-state index contributed by atoms with van der Waals surface area (Å²) >= 11 is 0. The lowest BCUT2D eigenvalue weighted by molar-refractivity contribution is -0.152. The fourth-order valence-corrected chi connectivity index (χ4v) is 4.19. The van der Waals surface area contributed by atoms with Crippen LogP contribution in [0.1, 0.15) is 46.0 Å². The van der Waals surface area contributed by atoms with Crippen LogP contribution in [-0.4, -0.2) is 18.9 Å². The van der Waals surface area contributed by atoms with Gasteiger partial charge in [0.15, 0.2) is 0 Å². The van der Waals surface area contributed by atoms with Crippen molar-refractivity contribution in [1.29, 1.82) is 0 Å². The zero-order valence-corrected chi connectivity index (χ0v) is 12.2. The van der Waals surface area contributed by atoms with Gasteiger partial charge in [-0.05, 0) is 43.9 Å². The van der Waals surface area contributed by atoms with Crippen LogP contribution in [0.5, 0.6) is 0 Å². The topological polar surface area (TPSA) is 43.4 Å². The van der Waals surface area contributed by atoms with Crippen molar-refractivity contribution in [3.05, 3.63) is 12.7 Å². The second kappa shape index (κ2) is 4.77. The van der Waals surface area contributed by atoms with Crippen molar-refractivity contribution >= 4 is 11.8 Å². The third-order valence-corrected chi connectivity index (χ3v) is 5.31. The minimum atomic E-state index is -0.477. The Balaban J connectivity index is 2.21. The van der Waals surface area contributed by atoms with Crippen molar-refractivity contribution in [1.82, 2.24) is 0 Å². The molecule has 0 aliphatic heterocycles. The summed E-state index contributed by atoms with van der Waals surface area (Å²) in [5, 5.41) is 0. The number of fused-ring (bicyclic) bond motifs is 1. The molecule has 0 saturated heterocycles. The molecule has 0 aromatic rings. The Labute approximate surface area is 115 Å². The van der Waals surface area contributed by atoms with Gasteiger partial charge in [-0.3, -0.25) is 9.59 Å². The lowest BCUT2D eigenvalue weighted by Crippen LogP contribution is -2.30. The molecule has 3 heteroatoms. The van der Waals surface area contributed by atoms with E-state index in [-0.39, 0.29) is 17.3 Å².